The maximum Gasteiger partial charge on any atom is 0.325 e. The van der Waals surface area contributed by atoms with E-state index in [0.29, 0.717) is 22.5 Å². The Bertz CT molecular complexity index is 507. The number of hydrogen-bond acceptors (Lipinski definition) is 6. The van der Waals surface area contributed by atoms with Gasteiger partial charge in [0.1, 0.15) is 18.6 Å². The Morgan fingerprint density at radius 2 is 2.26 bits per heavy atom. The molecule has 19 heavy (non-hydrogen) atoms. The van der Waals surface area contributed by atoms with Gasteiger partial charge in [-0.1, -0.05) is 0 Å². The van der Waals surface area contributed by atoms with Gasteiger partial charge in [0.2, 0.25) is 0 Å². The maximum atomic E-state index is 11.4. The third-order valence-electron chi connectivity index (χ3n) is 2.45. The molecule has 104 valence electrons. The van der Waals surface area contributed by atoms with Crippen LogP contribution in [-0.4, -0.2) is 36.1 Å². The molecule has 0 unspecified atom stereocenters. The van der Waals surface area contributed by atoms with Gasteiger partial charge in [-0.15, -0.1) is 0 Å². The van der Waals surface area contributed by atoms with Crippen molar-refractivity contribution in [2.24, 2.45) is 0 Å². The van der Waals surface area contributed by atoms with E-state index < -0.39 is 4.92 Å². The number of halogens is 1. The molecule has 0 saturated heterocycles. The molecule has 7 nitrogen and oxygen atoms in total. The number of hydrogen-bond donors (Lipinski definition) is 0. The smallest absolute Gasteiger partial charge is 0.325 e. The van der Waals surface area contributed by atoms with E-state index in [0.717, 1.165) is 0 Å². The van der Waals surface area contributed by atoms with Crippen molar-refractivity contribution in [3.8, 4) is 0 Å². The molecule has 8 heteroatoms. The van der Waals surface area contributed by atoms with Gasteiger partial charge < -0.3 is 9.64 Å². The highest BCUT2D eigenvalue weighted by Gasteiger charge is 2.20. The standard InChI is InChI=1S/C11H14BrN3O4/c1-4-19-9(16)6-14(3)11-10(12)7(2)8(5-13-11)15(17)18/h5H,4,6H2,1-3H3. The Morgan fingerprint density at radius 1 is 1.63 bits per heavy atom. The van der Waals surface area contributed by atoms with Crippen molar-refractivity contribution >= 4 is 33.4 Å². The highest BCUT2D eigenvalue weighted by atomic mass is 79.9. The van der Waals surface area contributed by atoms with Crippen LogP contribution < -0.4 is 4.90 Å². The van der Waals surface area contributed by atoms with Gasteiger partial charge in [-0.05, 0) is 29.8 Å². The zero-order chi connectivity index (χ0) is 14.6. The summed E-state index contributed by atoms with van der Waals surface area (Å²) in [5.41, 5.74) is 0.394. The van der Waals surface area contributed by atoms with Crippen LogP contribution in [0.4, 0.5) is 11.5 Å². The van der Waals surface area contributed by atoms with Crippen LogP contribution in [0.25, 0.3) is 0 Å². The number of nitro groups is 1. The minimum absolute atomic E-state index is 0.0245. The third-order valence-corrected chi connectivity index (χ3v) is 3.40. The minimum atomic E-state index is -0.498. The van der Waals surface area contributed by atoms with Gasteiger partial charge in [0.15, 0.2) is 0 Å². The van der Waals surface area contributed by atoms with E-state index in [1.54, 1.807) is 25.8 Å². The fraction of sp³-hybridized carbons (Fsp3) is 0.455. The highest BCUT2D eigenvalue weighted by Crippen LogP contribution is 2.32. The molecule has 0 amide bonds. The molecule has 0 spiro atoms. The number of anilines is 1. The molecule has 0 aliphatic carbocycles. The van der Waals surface area contributed by atoms with E-state index in [4.69, 9.17) is 4.74 Å². The molecular formula is C11H14BrN3O4. The highest BCUT2D eigenvalue weighted by molar-refractivity contribution is 9.10. The molecule has 0 saturated carbocycles. The Hall–Kier alpha value is -1.70. The normalized spacial score (nSPS) is 10.1. The summed E-state index contributed by atoms with van der Waals surface area (Å²) in [7, 11) is 1.66. The van der Waals surface area contributed by atoms with E-state index >= 15 is 0 Å². The number of aromatic nitrogens is 1. The first-order valence-corrected chi connectivity index (χ1v) is 6.34. The molecule has 0 bridgehead atoms. The van der Waals surface area contributed by atoms with Crippen LogP contribution in [-0.2, 0) is 9.53 Å². The topological polar surface area (TPSA) is 85.6 Å². The summed E-state index contributed by atoms with van der Waals surface area (Å²) in [6, 6.07) is 0. The molecule has 0 radical (unpaired) electrons. The second-order valence-corrected chi connectivity index (χ2v) is 4.62. The molecular weight excluding hydrogens is 318 g/mol. The number of carbonyl (C=O) groups excluding carboxylic acids is 1. The minimum Gasteiger partial charge on any atom is -0.465 e. The average Bonchev–Trinajstić information content (AvgIpc) is 2.32. The fourth-order valence-corrected chi connectivity index (χ4v) is 2.09. The Morgan fingerprint density at radius 3 is 2.79 bits per heavy atom. The van der Waals surface area contributed by atoms with Crippen LogP contribution >= 0.6 is 15.9 Å². The second-order valence-electron chi connectivity index (χ2n) is 3.82. The van der Waals surface area contributed by atoms with Crippen molar-refractivity contribution in [2.75, 3.05) is 25.1 Å². The van der Waals surface area contributed by atoms with Crippen LogP contribution in [0.1, 0.15) is 12.5 Å². The number of nitrogens with zero attached hydrogens (tertiary/aromatic N) is 3. The molecule has 1 aromatic heterocycles. The summed E-state index contributed by atoms with van der Waals surface area (Å²) in [4.78, 5) is 27.2. The number of carbonyl (C=O) groups is 1. The lowest BCUT2D eigenvalue weighted by Gasteiger charge is -2.19. The first-order chi connectivity index (χ1) is 8.88. The summed E-state index contributed by atoms with van der Waals surface area (Å²) in [5, 5.41) is 10.8. The van der Waals surface area contributed by atoms with E-state index in [9.17, 15) is 14.9 Å². The van der Waals surface area contributed by atoms with Gasteiger partial charge in [0.05, 0.1) is 16.0 Å². The molecule has 0 aliphatic heterocycles. The van der Waals surface area contributed by atoms with Crippen molar-refractivity contribution in [2.45, 2.75) is 13.8 Å². The average molecular weight is 332 g/mol. The SMILES string of the molecule is CCOC(=O)CN(C)c1ncc([N+](=O)[O-])c(C)c1Br. The largest absolute Gasteiger partial charge is 0.465 e. The molecule has 1 rings (SSSR count). The van der Waals surface area contributed by atoms with Gasteiger partial charge in [0, 0.05) is 12.6 Å². The van der Waals surface area contributed by atoms with Gasteiger partial charge in [-0.2, -0.15) is 0 Å². The number of likely N-dealkylation sites (N-methyl/N-ethyl adjacent to an activating group) is 1. The number of esters is 1. The van der Waals surface area contributed by atoms with Crippen LogP contribution in [0.3, 0.4) is 0 Å². The second kappa shape index (κ2) is 6.46. The Kier molecular flexibility index (Phi) is 5.22. The molecule has 1 aromatic rings. The monoisotopic (exact) mass is 331 g/mol. The zero-order valence-electron chi connectivity index (χ0n) is 10.8. The van der Waals surface area contributed by atoms with E-state index in [2.05, 4.69) is 20.9 Å². The molecule has 1 heterocycles. The van der Waals surface area contributed by atoms with Crippen molar-refractivity contribution in [3.05, 3.63) is 26.3 Å². The first kappa shape index (κ1) is 15.4. The van der Waals surface area contributed by atoms with Gasteiger partial charge in [0.25, 0.3) is 5.69 Å². The van der Waals surface area contributed by atoms with Gasteiger partial charge in [-0.3, -0.25) is 14.9 Å². The summed E-state index contributed by atoms with van der Waals surface area (Å²) >= 11 is 3.27. The maximum absolute atomic E-state index is 11.4. The summed E-state index contributed by atoms with van der Waals surface area (Å²) in [6.45, 7) is 3.67. The lowest BCUT2D eigenvalue weighted by molar-refractivity contribution is -0.385. The quantitative estimate of drug-likeness (QED) is 0.466. The lowest BCUT2D eigenvalue weighted by Crippen LogP contribution is -2.28. The first-order valence-electron chi connectivity index (χ1n) is 5.54. The number of rotatable bonds is 5. The summed E-state index contributed by atoms with van der Waals surface area (Å²) < 4.78 is 5.33. The summed E-state index contributed by atoms with van der Waals surface area (Å²) in [5.74, 6) is 0.0749. The molecule has 0 aromatic carbocycles. The van der Waals surface area contributed by atoms with E-state index in [-0.39, 0.29) is 18.2 Å². The fourth-order valence-electron chi connectivity index (χ4n) is 1.48. The summed E-state index contributed by atoms with van der Waals surface area (Å²) in [6.07, 6.45) is 1.18. The Balaban J connectivity index is 2.99. The van der Waals surface area contributed by atoms with Crippen molar-refractivity contribution in [3.63, 3.8) is 0 Å². The van der Waals surface area contributed by atoms with Gasteiger partial charge >= 0.3 is 5.97 Å². The number of ether oxygens (including phenoxy) is 1. The van der Waals surface area contributed by atoms with E-state index in [1.165, 1.54) is 6.20 Å². The van der Waals surface area contributed by atoms with E-state index in [1.807, 2.05) is 0 Å². The third kappa shape index (κ3) is 3.63. The lowest BCUT2D eigenvalue weighted by atomic mass is 10.2. The predicted octanol–water partition coefficient (Wildman–Crippen LogP) is 2.06. The number of pyridine rings is 1. The van der Waals surface area contributed by atoms with Crippen LogP contribution in [0, 0.1) is 17.0 Å². The molecule has 0 fully saturated rings. The van der Waals surface area contributed by atoms with Crippen molar-refractivity contribution in [1.29, 1.82) is 0 Å². The zero-order valence-corrected chi connectivity index (χ0v) is 12.4. The van der Waals surface area contributed by atoms with Crippen molar-refractivity contribution in [1.82, 2.24) is 4.98 Å². The van der Waals surface area contributed by atoms with Crippen LogP contribution in [0.15, 0.2) is 10.7 Å². The predicted molar refractivity (Wildman–Crippen MR) is 73.2 cm³/mol. The molecule has 0 atom stereocenters. The van der Waals surface area contributed by atoms with Crippen LogP contribution in [0.2, 0.25) is 0 Å². The van der Waals surface area contributed by atoms with Crippen LogP contribution in [0.5, 0.6) is 0 Å². The van der Waals surface area contributed by atoms with Crippen molar-refractivity contribution < 1.29 is 14.5 Å². The Labute approximate surface area is 118 Å². The molecule has 0 N–H and O–H groups in total. The van der Waals surface area contributed by atoms with Gasteiger partial charge in [-0.25, -0.2) is 4.98 Å². The molecule has 0 aliphatic rings.